The summed E-state index contributed by atoms with van der Waals surface area (Å²) in [5.41, 5.74) is -5.49. The summed E-state index contributed by atoms with van der Waals surface area (Å²) in [4.78, 5) is 141. The van der Waals surface area contributed by atoms with Gasteiger partial charge in [0.1, 0.15) is 47.8 Å². The van der Waals surface area contributed by atoms with E-state index in [1.165, 1.54) is 38.5 Å². The van der Waals surface area contributed by atoms with Gasteiger partial charge >= 0.3 is 71.6 Å². The summed E-state index contributed by atoms with van der Waals surface area (Å²) in [6.45, 7) is 59.3. The van der Waals surface area contributed by atoms with Crippen LogP contribution >= 0.6 is 0 Å². The van der Waals surface area contributed by atoms with Gasteiger partial charge in [-0.1, -0.05) is 55.4 Å². The minimum Gasteiger partial charge on any atom is -0.465 e. The molecule has 0 aromatic carbocycles. The van der Waals surface area contributed by atoms with Crippen LogP contribution in [0, 0.1) is 96.1 Å². The van der Waals surface area contributed by atoms with Crippen LogP contribution in [-0.2, 0) is 133 Å². The lowest BCUT2D eigenvalue weighted by atomic mass is 9.48. The Kier molecular flexibility index (Phi) is 40.1. The molecule has 10 bridgehead atoms. The van der Waals surface area contributed by atoms with Crippen molar-refractivity contribution >= 4 is 71.6 Å². The first-order valence-corrected chi connectivity index (χ1v) is 53.5. The van der Waals surface area contributed by atoms with Crippen LogP contribution in [0.2, 0.25) is 0 Å². The fourth-order valence-corrected chi connectivity index (χ4v) is 22.1. The molecule has 17 fully saturated rings. The van der Waals surface area contributed by atoms with Crippen LogP contribution in [-0.4, -0.2) is 204 Å². The molecule has 0 aromatic rings. The minimum atomic E-state index is -0.738. The van der Waals surface area contributed by atoms with E-state index in [2.05, 4.69) is 13.8 Å². The number of aliphatic hydroxyl groups is 2. The van der Waals surface area contributed by atoms with E-state index in [9.17, 15) is 67.7 Å². The highest BCUT2D eigenvalue weighted by Crippen LogP contribution is 2.63. The van der Waals surface area contributed by atoms with E-state index >= 15 is 0 Å². The molecule has 30 nitrogen and oxygen atoms in total. The highest BCUT2D eigenvalue weighted by atomic mass is 16.8. The Labute approximate surface area is 842 Å². The maximum Gasteiger partial charge on any atom is 0.347 e. The number of cyclic esters (lactones) is 3. The second-order valence-electron chi connectivity index (χ2n) is 50.6. The lowest BCUT2D eigenvalue weighted by molar-refractivity contribution is -0.225. The molecule has 14 atom stereocenters. The highest BCUT2D eigenvalue weighted by molar-refractivity contribution is 5.84. The minimum absolute atomic E-state index is 0.000856. The lowest BCUT2D eigenvalue weighted by Crippen LogP contribution is -2.61. The van der Waals surface area contributed by atoms with E-state index in [4.69, 9.17) is 75.8 Å². The molecule has 17 rings (SSSR count). The summed E-state index contributed by atoms with van der Waals surface area (Å²) < 4.78 is 87.0. The van der Waals surface area contributed by atoms with Crippen molar-refractivity contribution in [1.29, 1.82) is 0 Å². The molecule has 141 heavy (non-hydrogen) atoms. The maximum absolute atomic E-state index is 12.4. The summed E-state index contributed by atoms with van der Waals surface area (Å²) >= 11 is 0. The molecule has 0 radical (unpaired) electrons. The van der Waals surface area contributed by atoms with Crippen molar-refractivity contribution in [2.75, 3.05) is 46.2 Å². The molecule has 0 spiro atoms. The van der Waals surface area contributed by atoms with Crippen molar-refractivity contribution < 1.29 is 144 Å². The van der Waals surface area contributed by atoms with Crippen molar-refractivity contribution in [3.63, 3.8) is 0 Å². The van der Waals surface area contributed by atoms with Crippen LogP contribution < -0.4 is 0 Å². The van der Waals surface area contributed by atoms with E-state index in [-0.39, 0.29) is 136 Å². The number of carbonyl (C=O) groups is 12. The zero-order valence-electron chi connectivity index (χ0n) is 92.0. The van der Waals surface area contributed by atoms with Crippen molar-refractivity contribution in [2.24, 2.45) is 96.1 Å². The van der Waals surface area contributed by atoms with Crippen LogP contribution in [0.3, 0.4) is 0 Å². The number of carbonyl (C=O) groups excluding carboxylic acids is 12. The quantitative estimate of drug-likeness (QED) is 0.0519. The molecular weight excluding hydrogens is 1810 g/mol. The summed E-state index contributed by atoms with van der Waals surface area (Å²) in [5.74, 6) is -0.935. The van der Waals surface area contributed by atoms with Gasteiger partial charge in [-0.2, -0.15) is 0 Å². The van der Waals surface area contributed by atoms with E-state index in [1.807, 2.05) is 152 Å². The Balaban J connectivity index is 0.000000199. The Morgan fingerprint density at radius 3 is 1.15 bits per heavy atom. The molecule has 12 aliphatic carbocycles. The molecule has 2 N–H and O–H groups in total. The van der Waals surface area contributed by atoms with Gasteiger partial charge in [0.25, 0.3) is 0 Å². The molecule has 17 aliphatic rings. The second-order valence-corrected chi connectivity index (χ2v) is 50.6. The third kappa shape index (κ3) is 32.0. The van der Waals surface area contributed by atoms with Gasteiger partial charge in [0, 0.05) is 36.5 Å². The first-order valence-electron chi connectivity index (χ1n) is 53.5. The molecule has 0 amide bonds. The first-order chi connectivity index (χ1) is 65.0. The zero-order chi connectivity index (χ0) is 106. The molecule has 0 aromatic heterocycles. The van der Waals surface area contributed by atoms with Crippen LogP contribution in [0.5, 0.6) is 0 Å². The molecule has 14 unspecified atom stereocenters. The van der Waals surface area contributed by atoms with Crippen molar-refractivity contribution in [2.45, 2.75) is 489 Å². The van der Waals surface area contributed by atoms with Crippen molar-refractivity contribution in [3.8, 4) is 0 Å². The number of fused-ring (bicyclic) bond motifs is 5. The summed E-state index contributed by atoms with van der Waals surface area (Å²) in [6, 6.07) is 0. The molecule has 5 aliphatic heterocycles. The number of hydrogen-bond acceptors (Lipinski definition) is 30. The molecule has 30 heteroatoms. The summed E-state index contributed by atoms with van der Waals surface area (Å²) in [7, 11) is 0. The number of ether oxygens (including phenoxy) is 16. The standard InChI is InChI=1S/C19H30O5.C17H30O6.C16H26O3.C15H22O4.2C12H22O2.2C10H16O4/c1-4-17(2,3)16(21)23-10-15(20)24-12-18-6-13-5-14(7-18)9-19(22,8-13)11-18;1-8-15(2,3)14(18)19-9-11-13(23-17(6,7)22-11)12-10-20-16(4,5)21-12;1-4-14(2,3)13(17)19-16-8-11-5-12(9-16)7-15(18,6-11)10-16;1-4-15(2,3)14(17)19-11-6-8-5-9(11)10-7-18-13(16)12(8)10;2*1-5-11(2,3)10(13)14-12(4)8-6-7-9-12;2*1-4-10(2,3)9(12)14-7-5-6-13-8(7)11/h13-14,22H,4-12H2,1-3H3;11-13H,8-10H2,1-7H3;11-12,18H,4-10H2,1-3H3;8-12H,4-7H2,1-3H3;2*5-9H2,1-4H3;2*7H,4-6H2,1-3H3. The predicted molar refractivity (Wildman–Crippen MR) is 526 cm³/mol. The fraction of sp³-hybridized carbons (Fsp3) is 0.892. The Hall–Kier alpha value is -6.60. The van der Waals surface area contributed by atoms with E-state index in [0.717, 1.165) is 128 Å². The van der Waals surface area contributed by atoms with Crippen LogP contribution in [0.15, 0.2) is 0 Å². The first kappa shape index (κ1) is 120. The van der Waals surface area contributed by atoms with Gasteiger partial charge in [-0.05, 0) is 368 Å². The van der Waals surface area contributed by atoms with Gasteiger partial charge in [0.15, 0.2) is 18.2 Å². The van der Waals surface area contributed by atoms with Gasteiger partial charge in [-0.15, -0.1) is 0 Å². The third-order valence-corrected chi connectivity index (χ3v) is 34.1. The average Bonchev–Trinajstić information content (AvgIpc) is 1.47. The topological polar surface area (TPSA) is 393 Å². The zero-order valence-corrected chi connectivity index (χ0v) is 92.0. The fourth-order valence-electron chi connectivity index (χ4n) is 22.1. The van der Waals surface area contributed by atoms with Gasteiger partial charge in [-0.25, -0.2) is 14.4 Å². The maximum atomic E-state index is 12.4. The van der Waals surface area contributed by atoms with Crippen molar-refractivity contribution in [3.05, 3.63) is 0 Å². The number of rotatable bonds is 29. The van der Waals surface area contributed by atoms with Gasteiger partial charge in [0.2, 0.25) is 12.2 Å². The molecule has 5 heterocycles. The molecule has 808 valence electrons. The third-order valence-electron chi connectivity index (χ3n) is 34.1. The Morgan fingerprint density at radius 2 is 0.766 bits per heavy atom. The molecule has 5 saturated heterocycles. The normalized spacial score (nSPS) is 31.6. The van der Waals surface area contributed by atoms with E-state index in [1.54, 1.807) is 41.5 Å². The number of hydrogen-bond donors (Lipinski definition) is 2. The second kappa shape index (κ2) is 47.3. The summed E-state index contributed by atoms with van der Waals surface area (Å²) in [5, 5.41) is 21.4. The van der Waals surface area contributed by atoms with Gasteiger partial charge in [-0.3, -0.25) is 43.2 Å². The largest absolute Gasteiger partial charge is 0.465 e. The lowest BCUT2D eigenvalue weighted by Gasteiger charge is -2.59. The van der Waals surface area contributed by atoms with Gasteiger partial charge < -0.3 is 86.0 Å². The van der Waals surface area contributed by atoms with E-state index in [0.29, 0.717) is 107 Å². The van der Waals surface area contributed by atoms with Crippen LogP contribution in [0.4, 0.5) is 0 Å². The Morgan fingerprint density at radius 1 is 0.383 bits per heavy atom. The summed E-state index contributed by atoms with van der Waals surface area (Å²) in [6.07, 6.45) is 26.9. The van der Waals surface area contributed by atoms with Gasteiger partial charge in [0.05, 0.1) is 93.5 Å². The Bertz CT molecular complexity index is 4130. The van der Waals surface area contributed by atoms with Crippen LogP contribution in [0.1, 0.15) is 413 Å². The predicted octanol–water partition coefficient (Wildman–Crippen LogP) is 19.9. The molecular formula is C111H184O30. The van der Waals surface area contributed by atoms with Crippen LogP contribution in [0.25, 0.3) is 0 Å². The number of esters is 12. The smallest absolute Gasteiger partial charge is 0.347 e. The molecule has 12 saturated carbocycles. The average molecular weight is 2000 g/mol. The SMILES string of the molecule is CCC(C)(C)C(=O)OC1(C)CCCC1.CCC(C)(C)C(=O)OC1(C)CCCC1.CCC(C)(C)C(=O)OC12CC3CC(CC(O)(C3)C1)C2.CCC(C)(C)C(=O)OC1CC2CC1C1COC(=O)C21.CCC(C)(C)C(=O)OC1CCOC1=O.CCC(C)(C)C(=O)OC1CCOC1=O.CCC(C)(C)C(=O)OCC(=O)OCC12CC3CC(CC(O)(C3)C1)C2.CCC(C)(C)C(=O)OCC1OC(C)(C)OC1C1COC(C)(C)O1. The monoisotopic (exact) mass is 2000 g/mol. The van der Waals surface area contributed by atoms with Crippen molar-refractivity contribution in [1.82, 2.24) is 0 Å². The van der Waals surface area contributed by atoms with E-state index < -0.39 is 85.4 Å². The highest BCUT2D eigenvalue weighted by Gasteiger charge is 2.63.